The number of rotatable bonds is 16. The van der Waals surface area contributed by atoms with Crippen LogP contribution >= 0.6 is 0 Å². The third kappa shape index (κ3) is 15.1. The van der Waals surface area contributed by atoms with E-state index in [1.807, 2.05) is 0 Å². The van der Waals surface area contributed by atoms with E-state index >= 15 is 0 Å². The van der Waals surface area contributed by atoms with Gasteiger partial charge in [0.2, 0.25) is 0 Å². The molecular weight excluding hydrogens is 592 g/mol. The first-order valence-corrected chi connectivity index (χ1v) is 20.8. The highest BCUT2D eigenvalue weighted by Gasteiger charge is 2.27. The van der Waals surface area contributed by atoms with Crippen LogP contribution in [-0.4, -0.2) is 195 Å². The Labute approximate surface area is 300 Å². The summed E-state index contributed by atoms with van der Waals surface area (Å²) in [6, 6.07) is 2.86. The van der Waals surface area contributed by atoms with Crippen molar-refractivity contribution in [2.75, 3.05) is 132 Å². The van der Waals surface area contributed by atoms with Crippen molar-refractivity contribution in [3.63, 3.8) is 0 Å². The van der Waals surface area contributed by atoms with Crippen LogP contribution in [0.25, 0.3) is 0 Å². The number of nitrogens with zero attached hydrogens (tertiary/aromatic N) is 8. The highest BCUT2D eigenvalue weighted by Crippen LogP contribution is 2.22. The zero-order chi connectivity index (χ0) is 35.1. The van der Waals surface area contributed by atoms with Crippen molar-refractivity contribution in [1.29, 1.82) is 0 Å². The lowest BCUT2D eigenvalue weighted by Crippen LogP contribution is -2.51. The lowest BCUT2D eigenvalue weighted by atomic mass is 9.94. The minimum atomic E-state index is 0.660. The molecular formula is C40H84N8. The molecule has 0 amide bonds. The van der Waals surface area contributed by atoms with Crippen molar-refractivity contribution in [2.45, 2.75) is 118 Å². The Morgan fingerprint density at radius 1 is 0.458 bits per heavy atom. The summed E-state index contributed by atoms with van der Waals surface area (Å²) >= 11 is 0. The first-order valence-electron chi connectivity index (χ1n) is 20.8. The number of hydrogen-bond acceptors (Lipinski definition) is 8. The largest absolute Gasteiger partial charge is 0.303 e. The molecule has 0 aliphatic carbocycles. The lowest BCUT2D eigenvalue weighted by Gasteiger charge is -2.40. The van der Waals surface area contributed by atoms with Gasteiger partial charge < -0.3 is 29.4 Å². The molecule has 0 N–H and O–H groups in total. The fourth-order valence-electron chi connectivity index (χ4n) is 7.91. The average Bonchev–Trinajstić information content (AvgIpc) is 3.10. The van der Waals surface area contributed by atoms with Crippen LogP contribution in [0.5, 0.6) is 0 Å². The molecule has 2 unspecified atom stereocenters. The molecule has 4 heterocycles. The van der Waals surface area contributed by atoms with Crippen LogP contribution in [-0.2, 0) is 0 Å². The van der Waals surface area contributed by atoms with Gasteiger partial charge in [0.05, 0.1) is 0 Å². The molecule has 0 saturated carbocycles. The third-order valence-corrected chi connectivity index (χ3v) is 13.0. The Balaban J connectivity index is 0.000000260. The van der Waals surface area contributed by atoms with Gasteiger partial charge in [0.25, 0.3) is 0 Å². The molecule has 4 aliphatic heterocycles. The van der Waals surface area contributed by atoms with Crippen LogP contribution in [0.2, 0.25) is 0 Å². The molecule has 4 fully saturated rings. The van der Waals surface area contributed by atoms with E-state index in [-0.39, 0.29) is 0 Å². The Bertz CT molecular complexity index is 727. The Morgan fingerprint density at radius 2 is 0.792 bits per heavy atom. The van der Waals surface area contributed by atoms with Crippen molar-refractivity contribution in [2.24, 2.45) is 11.8 Å². The fourth-order valence-corrected chi connectivity index (χ4v) is 7.91. The van der Waals surface area contributed by atoms with E-state index in [1.54, 1.807) is 0 Å². The number of hydrogen-bond donors (Lipinski definition) is 0. The molecule has 8 nitrogen and oxygen atoms in total. The van der Waals surface area contributed by atoms with Crippen LogP contribution in [0.4, 0.5) is 0 Å². The van der Waals surface area contributed by atoms with Gasteiger partial charge in [0.15, 0.2) is 0 Å². The van der Waals surface area contributed by atoms with Gasteiger partial charge in [0.1, 0.15) is 0 Å². The van der Waals surface area contributed by atoms with E-state index in [2.05, 4.69) is 109 Å². The van der Waals surface area contributed by atoms with Gasteiger partial charge in [-0.1, -0.05) is 13.8 Å². The molecule has 4 aliphatic rings. The Kier molecular flexibility index (Phi) is 19.8. The van der Waals surface area contributed by atoms with Crippen LogP contribution in [0.15, 0.2) is 0 Å². The van der Waals surface area contributed by atoms with Gasteiger partial charge in [-0.2, -0.15) is 0 Å². The maximum absolute atomic E-state index is 2.73. The Morgan fingerprint density at radius 3 is 1.19 bits per heavy atom. The molecule has 48 heavy (non-hydrogen) atoms. The SMILES string of the molecule is CCC(C)N1CCC(CN2CCN(CCN(C)C(C)C)CC2)CC1.CCC(C)N1CCN(CC2CCN(CCN(C)C(C)C)CC2)CC1. The summed E-state index contributed by atoms with van der Waals surface area (Å²) < 4.78 is 0. The fraction of sp³-hybridized carbons (Fsp3) is 1.00. The van der Waals surface area contributed by atoms with Crippen molar-refractivity contribution >= 4 is 0 Å². The third-order valence-electron chi connectivity index (χ3n) is 13.0. The summed E-state index contributed by atoms with van der Waals surface area (Å²) in [6.45, 7) is 41.5. The summed E-state index contributed by atoms with van der Waals surface area (Å²) in [5, 5.41) is 0. The summed E-state index contributed by atoms with van der Waals surface area (Å²) in [4.78, 5) is 21.1. The van der Waals surface area contributed by atoms with Crippen molar-refractivity contribution in [1.82, 2.24) is 39.2 Å². The smallest absolute Gasteiger partial charge is 0.0113 e. The number of piperidine rings is 2. The van der Waals surface area contributed by atoms with Crippen LogP contribution in [0, 0.1) is 11.8 Å². The van der Waals surface area contributed by atoms with Gasteiger partial charge in [-0.05, 0) is 132 Å². The monoisotopic (exact) mass is 677 g/mol. The quantitative estimate of drug-likeness (QED) is 0.228. The second-order valence-electron chi connectivity index (χ2n) is 16.9. The topological polar surface area (TPSA) is 25.9 Å². The van der Waals surface area contributed by atoms with Gasteiger partial charge in [0, 0.05) is 116 Å². The van der Waals surface area contributed by atoms with Crippen LogP contribution in [0.1, 0.15) is 93.9 Å². The van der Waals surface area contributed by atoms with Crippen molar-refractivity contribution in [3.8, 4) is 0 Å². The van der Waals surface area contributed by atoms with Crippen LogP contribution < -0.4 is 0 Å². The molecule has 0 aromatic rings. The van der Waals surface area contributed by atoms with Crippen molar-refractivity contribution in [3.05, 3.63) is 0 Å². The second-order valence-corrected chi connectivity index (χ2v) is 16.9. The van der Waals surface area contributed by atoms with E-state index in [0.29, 0.717) is 12.1 Å². The predicted molar refractivity (Wildman–Crippen MR) is 209 cm³/mol. The van der Waals surface area contributed by atoms with Crippen LogP contribution in [0.3, 0.4) is 0 Å². The van der Waals surface area contributed by atoms with Gasteiger partial charge in [-0.15, -0.1) is 0 Å². The lowest BCUT2D eigenvalue weighted by molar-refractivity contribution is 0.0744. The minimum absolute atomic E-state index is 0.660. The van der Waals surface area contributed by atoms with E-state index in [9.17, 15) is 0 Å². The molecule has 8 heteroatoms. The van der Waals surface area contributed by atoms with Crippen molar-refractivity contribution < 1.29 is 0 Å². The molecule has 0 bridgehead atoms. The molecule has 0 aromatic carbocycles. The summed E-state index contributed by atoms with van der Waals surface area (Å²) in [7, 11) is 4.49. The normalized spacial score (nSPS) is 24.1. The summed E-state index contributed by atoms with van der Waals surface area (Å²) in [5.41, 5.74) is 0. The number of likely N-dealkylation sites (N-methyl/N-ethyl adjacent to an activating group) is 2. The molecule has 0 spiro atoms. The molecule has 4 rings (SSSR count). The second kappa shape index (κ2) is 22.6. The molecule has 284 valence electrons. The molecule has 0 radical (unpaired) electrons. The van der Waals surface area contributed by atoms with Gasteiger partial charge in [-0.25, -0.2) is 0 Å². The molecule has 2 atom stereocenters. The standard InChI is InChI=1S/2C20H42N4/c1-6-19(4)24-9-7-20(8-10-24)17-23-15-13-22(14-16-23)12-11-21(5)18(2)3;1-6-19(4)24-15-13-23(14-16-24)17-20-7-9-22(10-8-20)12-11-21(5)18(2)3/h2*18-20H,6-17H2,1-5H3. The zero-order valence-electron chi connectivity index (χ0n) is 34.0. The predicted octanol–water partition coefficient (Wildman–Crippen LogP) is 4.91. The minimum Gasteiger partial charge on any atom is -0.303 e. The van der Waals surface area contributed by atoms with E-state index < -0.39 is 0 Å². The average molecular weight is 677 g/mol. The van der Waals surface area contributed by atoms with E-state index in [1.165, 1.54) is 156 Å². The summed E-state index contributed by atoms with van der Waals surface area (Å²) in [6.07, 6.45) is 8.19. The van der Waals surface area contributed by atoms with Gasteiger partial charge >= 0.3 is 0 Å². The first-order chi connectivity index (χ1) is 23.0. The Hall–Kier alpha value is -0.320. The molecule has 0 aromatic heterocycles. The van der Waals surface area contributed by atoms with Gasteiger partial charge in [-0.3, -0.25) is 9.80 Å². The number of piperazine rings is 2. The first kappa shape index (κ1) is 42.1. The van der Waals surface area contributed by atoms with E-state index in [0.717, 1.165) is 23.9 Å². The number of likely N-dealkylation sites (tertiary alicyclic amines) is 2. The maximum Gasteiger partial charge on any atom is 0.0113 e. The zero-order valence-corrected chi connectivity index (χ0v) is 34.0. The highest BCUT2D eigenvalue weighted by atomic mass is 15.3. The highest BCUT2D eigenvalue weighted by molar-refractivity contribution is 4.82. The molecule has 4 saturated heterocycles. The maximum atomic E-state index is 2.73. The van der Waals surface area contributed by atoms with E-state index in [4.69, 9.17) is 0 Å². The summed E-state index contributed by atoms with van der Waals surface area (Å²) in [5.74, 6) is 1.86.